The molecule has 0 aromatic heterocycles. The summed E-state index contributed by atoms with van der Waals surface area (Å²) in [5.41, 5.74) is 3.19. The molecule has 0 radical (unpaired) electrons. The van der Waals surface area contributed by atoms with Gasteiger partial charge in [-0.2, -0.15) is 5.26 Å². The molecule has 4 heteroatoms. The largest absolute Gasteiger partial charge is 0.393 e. The van der Waals surface area contributed by atoms with Crippen LogP contribution in [0.15, 0.2) is 11.1 Å². The van der Waals surface area contributed by atoms with Crippen molar-refractivity contribution < 1.29 is 9.90 Å². The van der Waals surface area contributed by atoms with E-state index in [0.717, 1.165) is 38.5 Å². The third-order valence-electron chi connectivity index (χ3n) is 10.4. The van der Waals surface area contributed by atoms with E-state index in [-0.39, 0.29) is 22.8 Å². The minimum absolute atomic E-state index is 0.0578. The molecule has 0 heterocycles. The van der Waals surface area contributed by atoms with Gasteiger partial charge in [-0.3, -0.25) is 4.79 Å². The molecule has 4 nitrogen and oxygen atoms in total. The molecule has 0 bridgehead atoms. The molecule has 0 aromatic carbocycles. The molecule has 0 aliphatic heterocycles. The Kier molecular flexibility index (Phi) is 5.83. The molecule has 2 saturated carbocycles. The van der Waals surface area contributed by atoms with Crippen molar-refractivity contribution in [2.75, 3.05) is 14.1 Å². The number of nitrogens with zero attached hydrogens (tertiary/aromatic N) is 2. The van der Waals surface area contributed by atoms with Gasteiger partial charge in [-0.15, -0.1) is 0 Å². The molecule has 4 rings (SSSR count). The fourth-order valence-corrected chi connectivity index (χ4v) is 8.44. The number of fused-ring (bicyclic) bond motifs is 4. The van der Waals surface area contributed by atoms with E-state index in [2.05, 4.69) is 26.8 Å². The molecule has 31 heavy (non-hydrogen) atoms. The minimum Gasteiger partial charge on any atom is -0.393 e. The van der Waals surface area contributed by atoms with Crippen molar-refractivity contribution in [1.82, 2.24) is 4.90 Å². The van der Waals surface area contributed by atoms with Crippen molar-refractivity contribution in [3.05, 3.63) is 11.1 Å². The first-order valence-electron chi connectivity index (χ1n) is 12.6. The second-order valence-electron chi connectivity index (χ2n) is 12.0. The van der Waals surface area contributed by atoms with E-state index in [1.54, 1.807) is 16.0 Å². The predicted molar refractivity (Wildman–Crippen MR) is 123 cm³/mol. The van der Waals surface area contributed by atoms with Gasteiger partial charge in [0.1, 0.15) is 0 Å². The van der Waals surface area contributed by atoms with Crippen LogP contribution in [0.3, 0.4) is 0 Å². The quantitative estimate of drug-likeness (QED) is 0.606. The number of nitriles is 1. The van der Waals surface area contributed by atoms with Crippen molar-refractivity contribution >= 4 is 5.91 Å². The normalized spacial score (nSPS) is 42.8. The topological polar surface area (TPSA) is 64.3 Å². The molecule has 2 fully saturated rings. The molecule has 7 atom stereocenters. The highest BCUT2D eigenvalue weighted by Crippen LogP contribution is 2.68. The van der Waals surface area contributed by atoms with Crippen molar-refractivity contribution in [3.63, 3.8) is 0 Å². The van der Waals surface area contributed by atoms with Gasteiger partial charge >= 0.3 is 0 Å². The monoisotopic (exact) mass is 426 g/mol. The molecule has 4 aliphatic carbocycles. The first-order valence-corrected chi connectivity index (χ1v) is 12.6. The van der Waals surface area contributed by atoms with E-state index in [0.29, 0.717) is 36.0 Å². The van der Waals surface area contributed by atoms with Crippen molar-refractivity contribution in [2.45, 2.75) is 97.5 Å². The third kappa shape index (κ3) is 3.38. The average Bonchev–Trinajstić information content (AvgIpc) is 3.09. The van der Waals surface area contributed by atoms with Gasteiger partial charge in [-0.05, 0) is 87.4 Å². The van der Waals surface area contributed by atoms with Crippen molar-refractivity contribution in [2.24, 2.45) is 34.0 Å². The molecule has 0 aromatic rings. The van der Waals surface area contributed by atoms with Crippen molar-refractivity contribution in [1.29, 1.82) is 5.26 Å². The fourth-order valence-electron chi connectivity index (χ4n) is 8.44. The molecule has 4 aliphatic rings. The summed E-state index contributed by atoms with van der Waals surface area (Å²) < 4.78 is 0. The SMILES string of the molecule is C[C@H](CCC(=O)N(C)C)[C@H]1CC[C@H]2C3=C(CC[C@]12C)[C@@]1(C)CC[C@H](O)C[C@]1(C#N)CC3. The van der Waals surface area contributed by atoms with Crippen molar-refractivity contribution in [3.8, 4) is 6.07 Å². The van der Waals surface area contributed by atoms with E-state index in [9.17, 15) is 15.2 Å². The van der Waals surface area contributed by atoms with E-state index >= 15 is 0 Å². The van der Waals surface area contributed by atoms with Gasteiger partial charge in [0.25, 0.3) is 0 Å². The summed E-state index contributed by atoms with van der Waals surface area (Å²) in [6.45, 7) is 7.25. The van der Waals surface area contributed by atoms with E-state index < -0.39 is 0 Å². The number of amides is 1. The van der Waals surface area contributed by atoms with Crippen LogP contribution < -0.4 is 0 Å². The molecule has 1 amide bonds. The number of aliphatic hydroxyl groups is 1. The van der Waals surface area contributed by atoms with Crippen LogP contribution in [0.25, 0.3) is 0 Å². The fraction of sp³-hybridized carbons (Fsp3) is 0.852. The Bertz CT molecular complexity index is 811. The smallest absolute Gasteiger partial charge is 0.222 e. The summed E-state index contributed by atoms with van der Waals surface area (Å²) in [5, 5.41) is 20.6. The van der Waals surface area contributed by atoms with E-state index in [1.165, 1.54) is 19.3 Å². The number of hydrogen-bond donors (Lipinski definition) is 1. The number of aliphatic hydroxyl groups excluding tert-OH is 1. The number of carbonyl (C=O) groups excluding carboxylic acids is 1. The zero-order valence-electron chi connectivity index (χ0n) is 20.3. The van der Waals surface area contributed by atoms with Crippen LogP contribution in [0.2, 0.25) is 0 Å². The highest BCUT2D eigenvalue weighted by Gasteiger charge is 2.60. The molecule has 1 N–H and O–H groups in total. The summed E-state index contributed by atoms with van der Waals surface area (Å²) in [5.74, 6) is 2.15. The minimum atomic E-state index is -0.380. The Balaban J connectivity index is 1.59. The molecule has 172 valence electrons. The highest BCUT2D eigenvalue weighted by molar-refractivity contribution is 5.75. The lowest BCUT2D eigenvalue weighted by Crippen LogP contribution is -2.51. The second kappa shape index (κ2) is 7.91. The number of rotatable bonds is 4. The Morgan fingerprint density at radius 1 is 1.19 bits per heavy atom. The third-order valence-corrected chi connectivity index (χ3v) is 10.4. The molecular formula is C27H42N2O2. The van der Waals surface area contributed by atoms with Crippen LogP contribution >= 0.6 is 0 Å². The lowest BCUT2D eigenvalue weighted by atomic mass is 9.45. The van der Waals surface area contributed by atoms with Gasteiger partial charge in [0.05, 0.1) is 17.6 Å². The van der Waals surface area contributed by atoms with Crippen LogP contribution in [-0.4, -0.2) is 36.1 Å². The Morgan fingerprint density at radius 2 is 1.94 bits per heavy atom. The average molecular weight is 427 g/mol. The van der Waals surface area contributed by atoms with E-state index in [4.69, 9.17) is 0 Å². The first-order chi connectivity index (χ1) is 14.6. The van der Waals surface area contributed by atoms with Crippen LogP contribution in [-0.2, 0) is 4.79 Å². The number of carbonyl (C=O) groups is 1. The molecule has 0 spiro atoms. The standard InChI is InChI=1S/C27H42N2O2/c1-18(6-9-24(31)29(4)5)21-7-8-22-20-11-15-27(17-28)16-19(30)10-14-26(27,3)23(20)12-13-25(21,22)2/h18-19,21-22,30H,6-16H2,1-5H3/t18-,19+,21-,22+,25-,26-,27+/m1/s1. The zero-order chi connectivity index (χ0) is 22.6. The Hall–Kier alpha value is -1.34. The van der Waals surface area contributed by atoms with Gasteiger partial charge in [0.15, 0.2) is 0 Å². The molecule has 0 saturated heterocycles. The Morgan fingerprint density at radius 3 is 2.61 bits per heavy atom. The molecular weight excluding hydrogens is 384 g/mol. The Labute approximate surface area is 189 Å². The lowest BCUT2D eigenvalue weighted by Gasteiger charge is -2.58. The van der Waals surface area contributed by atoms with Gasteiger partial charge in [0, 0.05) is 25.9 Å². The predicted octanol–water partition coefficient (Wildman–Crippen LogP) is 5.47. The van der Waals surface area contributed by atoms with Gasteiger partial charge in [-0.25, -0.2) is 0 Å². The summed E-state index contributed by atoms with van der Waals surface area (Å²) in [6, 6.07) is 2.73. The van der Waals surface area contributed by atoms with Crippen LogP contribution in [0.4, 0.5) is 0 Å². The zero-order valence-corrected chi connectivity index (χ0v) is 20.3. The first kappa shape index (κ1) is 22.8. The lowest BCUT2D eigenvalue weighted by molar-refractivity contribution is -0.129. The van der Waals surface area contributed by atoms with Gasteiger partial charge in [-0.1, -0.05) is 31.9 Å². The number of allylic oxidation sites excluding steroid dienone is 2. The summed E-state index contributed by atoms with van der Waals surface area (Å²) in [7, 11) is 3.70. The van der Waals surface area contributed by atoms with Crippen LogP contribution in [0, 0.1) is 45.3 Å². The number of hydrogen-bond acceptors (Lipinski definition) is 3. The maximum atomic E-state index is 12.1. The van der Waals surface area contributed by atoms with Gasteiger partial charge in [0.2, 0.25) is 5.91 Å². The van der Waals surface area contributed by atoms with Crippen LogP contribution in [0.1, 0.15) is 91.4 Å². The summed E-state index contributed by atoms with van der Waals surface area (Å²) >= 11 is 0. The summed E-state index contributed by atoms with van der Waals surface area (Å²) in [4.78, 5) is 13.9. The maximum absolute atomic E-state index is 12.1. The van der Waals surface area contributed by atoms with Gasteiger partial charge < -0.3 is 10.0 Å². The second-order valence-corrected chi connectivity index (χ2v) is 12.0. The summed E-state index contributed by atoms with van der Waals surface area (Å²) in [6.07, 6.45) is 10.6. The highest BCUT2D eigenvalue weighted by atomic mass is 16.3. The van der Waals surface area contributed by atoms with Crippen LogP contribution in [0.5, 0.6) is 0 Å². The maximum Gasteiger partial charge on any atom is 0.222 e. The van der Waals surface area contributed by atoms with E-state index in [1.807, 2.05) is 14.1 Å². The molecule has 0 unspecified atom stereocenters.